The summed E-state index contributed by atoms with van der Waals surface area (Å²) < 4.78 is 16.8. The van der Waals surface area contributed by atoms with Crippen molar-refractivity contribution in [2.24, 2.45) is 5.92 Å². The molecule has 0 heterocycles. The van der Waals surface area contributed by atoms with Crippen LogP contribution in [0.1, 0.15) is 291 Å². The molecule has 6 heteroatoms. The molecule has 0 fully saturated rings. The Bertz CT molecular complexity index is 872. The molecule has 0 radical (unpaired) electrons. The van der Waals surface area contributed by atoms with E-state index in [1.54, 1.807) is 0 Å². The van der Waals surface area contributed by atoms with Gasteiger partial charge in [-0.15, -0.1) is 0 Å². The van der Waals surface area contributed by atoms with E-state index >= 15 is 0 Å². The summed E-state index contributed by atoms with van der Waals surface area (Å²) in [4.78, 5) is 37.9. The van der Waals surface area contributed by atoms with Gasteiger partial charge in [0.1, 0.15) is 13.2 Å². The molecule has 1 atom stereocenters. The van der Waals surface area contributed by atoms with Gasteiger partial charge in [-0.05, 0) is 25.2 Å². The maximum atomic E-state index is 12.8. The summed E-state index contributed by atoms with van der Waals surface area (Å²) in [6, 6.07) is 0. The van der Waals surface area contributed by atoms with Crippen molar-refractivity contribution in [3.63, 3.8) is 0 Å². The molecule has 58 heavy (non-hydrogen) atoms. The van der Waals surface area contributed by atoms with E-state index < -0.39 is 6.10 Å². The fourth-order valence-corrected chi connectivity index (χ4v) is 7.86. The molecule has 0 saturated heterocycles. The fourth-order valence-electron chi connectivity index (χ4n) is 7.86. The number of ether oxygens (including phenoxy) is 3. The molecular weight excluding hydrogens is 721 g/mol. The van der Waals surface area contributed by atoms with E-state index in [1.807, 2.05) is 0 Å². The van der Waals surface area contributed by atoms with Gasteiger partial charge in [-0.25, -0.2) is 0 Å². The van der Waals surface area contributed by atoms with E-state index in [0.29, 0.717) is 19.3 Å². The second kappa shape index (κ2) is 46.5. The molecule has 0 aromatic carbocycles. The van der Waals surface area contributed by atoms with Crippen molar-refractivity contribution < 1.29 is 28.6 Å². The summed E-state index contributed by atoms with van der Waals surface area (Å²) >= 11 is 0. The predicted molar refractivity (Wildman–Crippen MR) is 247 cm³/mol. The van der Waals surface area contributed by atoms with Gasteiger partial charge in [-0.1, -0.05) is 252 Å². The van der Waals surface area contributed by atoms with E-state index in [1.165, 1.54) is 186 Å². The third-order valence-corrected chi connectivity index (χ3v) is 11.8. The lowest BCUT2D eigenvalue weighted by Crippen LogP contribution is -2.30. The normalized spacial score (nSPS) is 11.9. The Hall–Kier alpha value is -1.59. The Morgan fingerprint density at radius 2 is 0.569 bits per heavy atom. The second-order valence-corrected chi connectivity index (χ2v) is 18.3. The topological polar surface area (TPSA) is 78.9 Å². The number of unbranched alkanes of at least 4 members (excludes halogenated alkanes) is 34. The van der Waals surface area contributed by atoms with Gasteiger partial charge in [-0.3, -0.25) is 14.4 Å². The first-order valence-electron chi connectivity index (χ1n) is 25.9. The van der Waals surface area contributed by atoms with Crippen LogP contribution in [0, 0.1) is 5.92 Å². The Morgan fingerprint density at radius 1 is 0.328 bits per heavy atom. The third-order valence-electron chi connectivity index (χ3n) is 11.8. The zero-order valence-corrected chi connectivity index (χ0v) is 39.5. The molecule has 6 nitrogen and oxygen atoms in total. The summed E-state index contributed by atoms with van der Waals surface area (Å²) in [5, 5.41) is 0. The third kappa shape index (κ3) is 45.5. The van der Waals surface area contributed by atoms with E-state index in [9.17, 15) is 14.4 Å². The molecule has 0 aliphatic heterocycles. The van der Waals surface area contributed by atoms with E-state index in [2.05, 4.69) is 27.7 Å². The van der Waals surface area contributed by atoms with Crippen molar-refractivity contribution in [1.29, 1.82) is 0 Å². The van der Waals surface area contributed by atoms with Crippen LogP contribution in [0.4, 0.5) is 0 Å². The van der Waals surface area contributed by atoms with Gasteiger partial charge >= 0.3 is 17.9 Å². The summed E-state index contributed by atoms with van der Waals surface area (Å²) in [6.07, 6.45) is 48.0. The minimum absolute atomic E-state index is 0.0627. The number of carbonyl (C=O) groups excluding carboxylic acids is 3. The summed E-state index contributed by atoms with van der Waals surface area (Å²) in [5.41, 5.74) is 0. The Balaban J connectivity index is 4.29. The lowest BCUT2D eigenvalue weighted by molar-refractivity contribution is -0.167. The number of hydrogen-bond acceptors (Lipinski definition) is 6. The van der Waals surface area contributed by atoms with Gasteiger partial charge < -0.3 is 14.2 Å². The van der Waals surface area contributed by atoms with E-state index in [4.69, 9.17) is 14.2 Å². The zero-order chi connectivity index (χ0) is 42.4. The summed E-state index contributed by atoms with van der Waals surface area (Å²) in [6.45, 7) is 9.03. The van der Waals surface area contributed by atoms with Crippen LogP contribution in [0.5, 0.6) is 0 Å². The Labute approximate surface area is 361 Å². The molecule has 0 spiro atoms. The minimum Gasteiger partial charge on any atom is -0.462 e. The number of hydrogen-bond donors (Lipinski definition) is 0. The Kier molecular flexibility index (Phi) is 45.2. The van der Waals surface area contributed by atoms with Crippen LogP contribution in [0.25, 0.3) is 0 Å². The summed E-state index contributed by atoms with van der Waals surface area (Å²) in [5.74, 6) is -0.00459. The van der Waals surface area contributed by atoms with Gasteiger partial charge in [-0.2, -0.15) is 0 Å². The van der Waals surface area contributed by atoms with Gasteiger partial charge in [0.05, 0.1) is 0 Å². The number of rotatable bonds is 47. The standard InChI is InChI=1S/C52H100O6/c1-5-7-9-11-13-15-17-19-25-29-33-37-41-45-52(55)58-49(46-56-50(53)43-39-35-31-27-22-16-14-12-10-8-6-2)47-57-51(54)44-40-36-32-28-24-21-18-20-23-26-30-34-38-42-48(3)4/h48-49H,5-47H2,1-4H3/t49-/m1/s1. The van der Waals surface area contributed by atoms with Gasteiger partial charge in [0.2, 0.25) is 0 Å². The van der Waals surface area contributed by atoms with Gasteiger partial charge in [0.25, 0.3) is 0 Å². The van der Waals surface area contributed by atoms with Crippen LogP contribution in [-0.4, -0.2) is 37.2 Å². The lowest BCUT2D eigenvalue weighted by Gasteiger charge is -2.18. The molecule has 0 aromatic rings. The monoisotopic (exact) mass is 821 g/mol. The summed E-state index contributed by atoms with van der Waals surface area (Å²) in [7, 11) is 0. The first-order valence-corrected chi connectivity index (χ1v) is 25.9. The smallest absolute Gasteiger partial charge is 0.306 e. The van der Waals surface area contributed by atoms with Crippen LogP contribution < -0.4 is 0 Å². The van der Waals surface area contributed by atoms with Crippen LogP contribution in [-0.2, 0) is 28.6 Å². The van der Waals surface area contributed by atoms with E-state index in [-0.39, 0.29) is 31.1 Å². The maximum absolute atomic E-state index is 12.8. The van der Waals surface area contributed by atoms with Crippen LogP contribution >= 0.6 is 0 Å². The second-order valence-electron chi connectivity index (χ2n) is 18.3. The molecule has 0 aliphatic carbocycles. The van der Waals surface area contributed by atoms with Crippen molar-refractivity contribution in [2.45, 2.75) is 297 Å². The van der Waals surface area contributed by atoms with Crippen LogP contribution in [0.3, 0.4) is 0 Å². The average molecular weight is 821 g/mol. The fraction of sp³-hybridized carbons (Fsp3) is 0.942. The molecule has 344 valence electrons. The Morgan fingerprint density at radius 3 is 0.845 bits per heavy atom. The molecule has 0 N–H and O–H groups in total. The molecule has 0 bridgehead atoms. The molecule has 0 aliphatic rings. The highest BCUT2D eigenvalue weighted by Gasteiger charge is 2.19. The van der Waals surface area contributed by atoms with Crippen molar-refractivity contribution >= 4 is 17.9 Å². The van der Waals surface area contributed by atoms with Crippen LogP contribution in [0.2, 0.25) is 0 Å². The zero-order valence-electron chi connectivity index (χ0n) is 39.5. The molecule has 0 unspecified atom stereocenters. The quantitative estimate of drug-likeness (QED) is 0.0346. The first kappa shape index (κ1) is 56.4. The number of esters is 3. The van der Waals surface area contributed by atoms with Crippen LogP contribution in [0.15, 0.2) is 0 Å². The SMILES string of the molecule is CCCCCCCCCCCCCCCC(=O)O[C@H](COC(=O)CCCCCCCCCCCCC)COC(=O)CCCCCCCCCCCCCCCC(C)C. The van der Waals surface area contributed by atoms with Crippen molar-refractivity contribution in [3.05, 3.63) is 0 Å². The minimum atomic E-state index is -0.760. The molecular formula is C52H100O6. The molecule has 0 rings (SSSR count). The molecule has 0 aromatic heterocycles. The van der Waals surface area contributed by atoms with Crippen molar-refractivity contribution in [2.75, 3.05) is 13.2 Å². The number of carbonyl (C=O) groups is 3. The molecule has 0 saturated carbocycles. The largest absolute Gasteiger partial charge is 0.462 e. The van der Waals surface area contributed by atoms with Crippen molar-refractivity contribution in [3.8, 4) is 0 Å². The lowest BCUT2D eigenvalue weighted by atomic mass is 10.0. The predicted octanol–water partition coefficient (Wildman–Crippen LogP) is 16.7. The van der Waals surface area contributed by atoms with Gasteiger partial charge in [0, 0.05) is 19.3 Å². The maximum Gasteiger partial charge on any atom is 0.306 e. The molecule has 0 amide bonds. The van der Waals surface area contributed by atoms with E-state index in [0.717, 1.165) is 63.7 Å². The first-order chi connectivity index (χ1) is 28.4. The highest BCUT2D eigenvalue weighted by Crippen LogP contribution is 2.17. The van der Waals surface area contributed by atoms with Gasteiger partial charge in [0.15, 0.2) is 6.10 Å². The van der Waals surface area contributed by atoms with Crippen molar-refractivity contribution in [1.82, 2.24) is 0 Å². The average Bonchev–Trinajstić information content (AvgIpc) is 3.21. The highest BCUT2D eigenvalue weighted by atomic mass is 16.6. The highest BCUT2D eigenvalue weighted by molar-refractivity contribution is 5.71.